The van der Waals surface area contributed by atoms with Gasteiger partial charge in [0.15, 0.2) is 0 Å². The molecule has 1 N–H and O–H groups in total. The standard InChI is InChI=1S/C15H23Br2ClO/c1-9-7-10(19)12(16)13(2,3)15(9)6-5-14(4,17)11(18)8-15/h10-12,19H,1,5-8H2,2-4H3/t10-,11?,12-,14?,15+/m1/s1. The maximum Gasteiger partial charge on any atom is 0.0707 e. The monoisotopic (exact) mass is 412 g/mol. The minimum atomic E-state index is -0.348. The van der Waals surface area contributed by atoms with Gasteiger partial charge in [-0.2, -0.15) is 0 Å². The molecule has 0 heterocycles. The van der Waals surface area contributed by atoms with Gasteiger partial charge >= 0.3 is 0 Å². The fourth-order valence-corrected chi connectivity index (χ4v) is 5.25. The lowest BCUT2D eigenvalue weighted by molar-refractivity contribution is -0.0175. The molecule has 2 rings (SSSR count). The first kappa shape index (κ1) is 16.3. The van der Waals surface area contributed by atoms with Crippen LogP contribution in [0.3, 0.4) is 0 Å². The van der Waals surface area contributed by atoms with E-state index in [0.29, 0.717) is 6.42 Å². The van der Waals surface area contributed by atoms with Crippen LogP contribution in [0.4, 0.5) is 0 Å². The number of hydrogen-bond donors (Lipinski definition) is 1. The predicted octanol–water partition coefficient (Wildman–Crippen LogP) is 5.03. The average Bonchev–Trinajstić information content (AvgIpc) is 2.29. The van der Waals surface area contributed by atoms with E-state index < -0.39 is 0 Å². The number of aliphatic hydroxyl groups is 1. The molecule has 2 aliphatic rings. The summed E-state index contributed by atoms with van der Waals surface area (Å²) < 4.78 is 0.00797. The minimum Gasteiger partial charge on any atom is -0.392 e. The van der Waals surface area contributed by atoms with Crippen LogP contribution in [-0.4, -0.2) is 25.7 Å². The molecular weight excluding hydrogens is 391 g/mol. The Morgan fingerprint density at radius 1 is 1.32 bits per heavy atom. The van der Waals surface area contributed by atoms with Gasteiger partial charge in [-0.3, -0.25) is 0 Å². The Morgan fingerprint density at radius 2 is 1.89 bits per heavy atom. The highest BCUT2D eigenvalue weighted by atomic mass is 79.9. The number of aliphatic hydroxyl groups excluding tert-OH is 1. The van der Waals surface area contributed by atoms with Gasteiger partial charge in [0.1, 0.15) is 0 Å². The molecule has 0 aliphatic heterocycles. The molecule has 2 unspecified atom stereocenters. The van der Waals surface area contributed by atoms with E-state index in [4.69, 9.17) is 11.6 Å². The molecule has 1 spiro atoms. The van der Waals surface area contributed by atoms with E-state index in [9.17, 15) is 5.11 Å². The zero-order valence-electron chi connectivity index (χ0n) is 11.8. The van der Waals surface area contributed by atoms with Crippen molar-refractivity contribution in [2.24, 2.45) is 10.8 Å². The second-order valence-corrected chi connectivity index (χ2v) is 10.4. The van der Waals surface area contributed by atoms with E-state index in [0.717, 1.165) is 19.3 Å². The molecule has 2 fully saturated rings. The molecule has 5 atom stereocenters. The number of halogens is 3. The number of alkyl halides is 3. The Labute approximate surface area is 138 Å². The molecule has 19 heavy (non-hydrogen) atoms. The molecule has 0 bridgehead atoms. The second-order valence-electron chi connectivity index (χ2n) is 7.03. The maximum absolute atomic E-state index is 10.2. The normalized spacial score (nSPS) is 50.5. The second kappa shape index (κ2) is 5.00. The first-order valence-corrected chi connectivity index (χ1v) is 9.02. The van der Waals surface area contributed by atoms with E-state index in [-0.39, 0.29) is 31.5 Å². The molecule has 4 heteroatoms. The largest absolute Gasteiger partial charge is 0.392 e. The molecule has 0 aromatic rings. The summed E-state index contributed by atoms with van der Waals surface area (Å²) in [5, 5.41) is 10.3. The average molecular weight is 415 g/mol. The number of hydrogen-bond acceptors (Lipinski definition) is 1. The van der Waals surface area contributed by atoms with Gasteiger partial charge in [-0.25, -0.2) is 0 Å². The van der Waals surface area contributed by atoms with Gasteiger partial charge < -0.3 is 5.11 Å². The lowest BCUT2D eigenvalue weighted by Crippen LogP contribution is -2.58. The molecule has 1 nitrogen and oxygen atoms in total. The fourth-order valence-electron chi connectivity index (χ4n) is 3.89. The quantitative estimate of drug-likeness (QED) is 0.435. The van der Waals surface area contributed by atoms with Crippen LogP contribution >= 0.6 is 43.5 Å². The summed E-state index contributed by atoms with van der Waals surface area (Å²) in [6.45, 7) is 10.9. The number of rotatable bonds is 0. The first-order valence-electron chi connectivity index (χ1n) is 6.88. The van der Waals surface area contributed by atoms with Gasteiger partial charge in [0, 0.05) is 14.5 Å². The van der Waals surface area contributed by atoms with E-state index in [1.54, 1.807) is 0 Å². The summed E-state index contributed by atoms with van der Waals surface area (Å²) in [5.74, 6) is 0. The molecule has 2 aliphatic carbocycles. The van der Waals surface area contributed by atoms with Gasteiger partial charge in [-0.05, 0) is 43.4 Å². The van der Waals surface area contributed by atoms with Crippen molar-refractivity contribution in [1.82, 2.24) is 0 Å². The van der Waals surface area contributed by atoms with Crippen LogP contribution in [-0.2, 0) is 0 Å². The smallest absolute Gasteiger partial charge is 0.0707 e. The van der Waals surface area contributed by atoms with Crippen LogP contribution in [0.1, 0.15) is 46.5 Å². The zero-order chi connectivity index (χ0) is 14.6. The van der Waals surface area contributed by atoms with Crippen LogP contribution in [0.15, 0.2) is 12.2 Å². The summed E-state index contributed by atoms with van der Waals surface area (Å²) in [6.07, 6.45) is 3.39. The lowest BCUT2D eigenvalue weighted by atomic mass is 9.49. The zero-order valence-corrected chi connectivity index (χ0v) is 15.8. The van der Waals surface area contributed by atoms with Crippen molar-refractivity contribution in [3.05, 3.63) is 12.2 Å². The Bertz CT molecular complexity index is 394. The summed E-state index contributed by atoms with van der Waals surface area (Å²) in [7, 11) is 0. The van der Waals surface area contributed by atoms with Gasteiger partial charge in [-0.1, -0.05) is 57.9 Å². The predicted molar refractivity (Wildman–Crippen MR) is 89.5 cm³/mol. The Hall–Kier alpha value is 0.950. The Kier molecular flexibility index (Phi) is 4.29. The van der Waals surface area contributed by atoms with E-state index in [1.807, 2.05) is 0 Å². The van der Waals surface area contributed by atoms with Gasteiger partial charge in [-0.15, -0.1) is 11.6 Å². The van der Waals surface area contributed by atoms with E-state index >= 15 is 0 Å². The van der Waals surface area contributed by atoms with Crippen molar-refractivity contribution in [2.75, 3.05) is 0 Å². The third kappa shape index (κ3) is 2.37. The van der Waals surface area contributed by atoms with Crippen LogP contribution in [0, 0.1) is 10.8 Å². The molecule has 0 radical (unpaired) electrons. The van der Waals surface area contributed by atoms with E-state index in [1.165, 1.54) is 5.57 Å². The van der Waals surface area contributed by atoms with Crippen molar-refractivity contribution < 1.29 is 5.11 Å². The summed E-state index contributed by atoms with van der Waals surface area (Å²) >= 11 is 14.1. The SMILES string of the molecule is C=C1C[C@@H](O)[C@@H](Br)C(C)(C)[C@]12CCC(C)(Br)C(Cl)C2. The van der Waals surface area contributed by atoms with Crippen molar-refractivity contribution in [3.8, 4) is 0 Å². The Morgan fingerprint density at radius 3 is 2.42 bits per heavy atom. The van der Waals surface area contributed by atoms with Crippen LogP contribution < -0.4 is 0 Å². The van der Waals surface area contributed by atoms with Crippen molar-refractivity contribution in [1.29, 1.82) is 0 Å². The molecule has 0 saturated heterocycles. The summed E-state index contributed by atoms with van der Waals surface area (Å²) in [5.41, 5.74) is 1.16. The van der Waals surface area contributed by atoms with Gasteiger partial charge in [0.2, 0.25) is 0 Å². The highest BCUT2D eigenvalue weighted by Crippen LogP contribution is 2.64. The van der Waals surface area contributed by atoms with Crippen molar-refractivity contribution in [3.63, 3.8) is 0 Å². The lowest BCUT2D eigenvalue weighted by Gasteiger charge is -2.60. The molecular formula is C15H23Br2ClO. The molecule has 110 valence electrons. The fraction of sp³-hybridized carbons (Fsp3) is 0.867. The maximum atomic E-state index is 10.2. The first-order chi connectivity index (χ1) is 8.54. The minimum absolute atomic E-state index is 0.00797. The van der Waals surface area contributed by atoms with Crippen LogP contribution in [0.2, 0.25) is 0 Å². The van der Waals surface area contributed by atoms with Crippen LogP contribution in [0.5, 0.6) is 0 Å². The van der Waals surface area contributed by atoms with Crippen molar-refractivity contribution in [2.45, 2.75) is 67.1 Å². The van der Waals surface area contributed by atoms with Crippen LogP contribution in [0.25, 0.3) is 0 Å². The third-order valence-electron chi connectivity index (χ3n) is 5.61. The topological polar surface area (TPSA) is 20.2 Å². The Balaban J connectivity index is 2.39. The molecule has 0 amide bonds. The van der Waals surface area contributed by atoms with E-state index in [2.05, 4.69) is 59.2 Å². The highest BCUT2D eigenvalue weighted by Gasteiger charge is 2.59. The van der Waals surface area contributed by atoms with Crippen molar-refractivity contribution >= 4 is 43.5 Å². The summed E-state index contributed by atoms with van der Waals surface area (Å²) in [6, 6.07) is 0. The third-order valence-corrected chi connectivity index (χ3v) is 9.22. The van der Waals surface area contributed by atoms with Gasteiger partial charge in [0.25, 0.3) is 0 Å². The van der Waals surface area contributed by atoms with Gasteiger partial charge in [0.05, 0.1) is 6.10 Å². The molecule has 0 aromatic carbocycles. The highest BCUT2D eigenvalue weighted by molar-refractivity contribution is 9.10. The molecule has 0 aromatic heterocycles. The summed E-state index contributed by atoms with van der Waals surface area (Å²) in [4.78, 5) is 0.0917. The molecule has 2 saturated carbocycles.